The summed E-state index contributed by atoms with van der Waals surface area (Å²) in [4.78, 5) is 2.76. The summed E-state index contributed by atoms with van der Waals surface area (Å²) in [6.45, 7) is 0. The Hall–Kier alpha value is -0.850. The highest BCUT2D eigenvalue weighted by atomic mass is 32.2. The number of hydroxylamine groups is 1. The van der Waals surface area contributed by atoms with Crippen molar-refractivity contribution in [2.24, 2.45) is 0 Å². The van der Waals surface area contributed by atoms with Crippen molar-refractivity contribution in [3.63, 3.8) is 0 Å². The van der Waals surface area contributed by atoms with Gasteiger partial charge in [-0.05, 0) is 6.07 Å². The van der Waals surface area contributed by atoms with Gasteiger partial charge >= 0.3 is 0 Å². The average Bonchev–Trinajstić information content (AvgIpc) is 2.35. The largest absolute Gasteiger partial charge is 0.748 e. The van der Waals surface area contributed by atoms with E-state index in [-0.39, 0.29) is 0 Å². The summed E-state index contributed by atoms with van der Waals surface area (Å²) >= 11 is -2.52. The molecule has 0 radical (unpaired) electrons. The van der Waals surface area contributed by atoms with Crippen LogP contribution in [-0.2, 0) is 15.6 Å². The van der Waals surface area contributed by atoms with E-state index in [1.54, 1.807) is 18.5 Å². The summed E-state index contributed by atoms with van der Waals surface area (Å²) in [7, 11) is 1.50. The second-order valence-corrected chi connectivity index (χ2v) is 2.40. The second-order valence-electron chi connectivity index (χ2n) is 1.85. The Morgan fingerprint density at radius 1 is 1.82 bits per heavy atom. The summed E-state index contributed by atoms with van der Waals surface area (Å²) < 4.78 is 24.4. The summed E-state index contributed by atoms with van der Waals surface area (Å²) in [5, 5.41) is 1.14. The van der Waals surface area contributed by atoms with Crippen molar-refractivity contribution in [2.75, 3.05) is 12.1 Å². The van der Waals surface area contributed by atoms with Gasteiger partial charge in [0, 0.05) is 19.4 Å². The Labute approximate surface area is 66.4 Å². The number of H-pyrrole nitrogens is 1. The molecule has 1 N–H and O–H groups in total. The van der Waals surface area contributed by atoms with Crippen LogP contribution in [0.1, 0.15) is 0 Å². The third-order valence-electron chi connectivity index (χ3n) is 1.12. The van der Waals surface area contributed by atoms with Crippen molar-refractivity contribution < 1.29 is 13.0 Å². The van der Waals surface area contributed by atoms with Gasteiger partial charge in [-0.2, -0.15) is 4.28 Å². The molecule has 0 aliphatic heterocycles. The van der Waals surface area contributed by atoms with Gasteiger partial charge in [0.15, 0.2) is 0 Å². The molecule has 0 amide bonds. The van der Waals surface area contributed by atoms with Gasteiger partial charge in [-0.3, -0.25) is 0 Å². The van der Waals surface area contributed by atoms with Crippen LogP contribution in [0.3, 0.4) is 0 Å². The molecule has 1 aromatic rings. The summed E-state index contributed by atoms with van der Waals surface area (Å²) in [5.74, 6) is 0. The molecule has 0 aliphatic rings. The first-order valence-electron chi connectivity index (χ1n) is 2.84. The molecule has 1 unspecified atom stereocenters. The van der Waals surface area contributed by atoms with Gasteiger partial charge < -0.3 is 9.54 Å². The van der Waals surface area contributed by atoms with Crippen LogP contribution in [0.15, 0.2) is 18.5 Å². The normalized spacial score (nSPS) is 12.9. The first-order chi connectivity index (χ1) is 5.20. The number of hydrogen-bond acceptors (Lipinski definition) is 4. The van der Waals surface area contributed by atoms with Gasteiger partial charge in [-0.25, -0.2) is 9.27 Å². The quantitative estimate of drug-likeness (QED) is 0.525. The highest BCUT2D eigenvalue weighted by Crippen LogP contribution is 2.10. The monoisotopic (exact) mass is 175 g/mol. The fraction of sp³-hybridized carbons (Fsp3) is 0.200. The molecule has 0 saturated heterocycles. The second kappa shape index (κ2) is 3.51. The lowest BCUT2D eigenvalue weighted by atomic mass is 10.5. The third kappa shape index (κ3) is 2.34. The molecule has 1 heterocycles. The molecule has 0 aromatic carbocycles. The molecule has 62 valence electrons. The van der Waals surface area contributed by atoms with E-state index in [9.17, 15) is 8.76 Å². The molecule has 0 aliphatic carbocycles. The Kier molecular flexibility index (Phi) is 2.64. The summed E-state index contributed by atoms with van der Waals surface area (Å²) in [5.41, 5.74) is 0.647. The average molecular weight is 175 g/mol. The van der Waals surface area contributed by atoms with E-state index >= 15 is 0 Å². The number of aromatic amines is 1. The van der Waals surface area contributed by atoms with E-state index < -0.39 is 11.4 Å². The predicted octanol–water partition coefficient (Wildman–Crippen LogP) is 0.177. The lowest BCUT2D eigenvalue weighted by molar-refractivity contribution is 0.289. The van der Waals surface area contributed by atoms with Gasteiger partial charge in [-0.15, -0.1) is 0 Å². The van der Waals surface area contributed by atoms with Crippen LogP contribution >= 0.6 is 0 Å². The Balaban J connectivity index is 2.56. The summed E-state index contributed by atoms with van der Waals surface area (Å²) in [6.07, 6.45) is 3.29. The maximum absolute atomic E-state index is 10.0. The maximum atomic E-state index is 10.0. The third-order valence-corrected chi connectivity index (χ3v) is 1.46. The molecular formula is C5H7N2O3S-. The van der Waals surface area contributed by atoms with Crippen LogP contribution < -0.4 is 5.06 Å². The number of nitrogens with one attached hydrogen (secondary N) is 1. The standard InChI is InChI=1S/C5H8N2O3S/c1-7(10-11(8)9)5-2-3-6-4-5/h2-4,6H,1H3,(H,8,9)/p-1. The molecule has 0 saturated carbocycles. The molecule has 0 spiro atoms. The van der Waals surface area contributed by atoms with Gasteiger partial charge in [-0.1, -0.05) is 0 Å². The van der Waals surface area contributed by atoms with E-state index in [0.717, 1.165) is 5.06 Å². The van der Waals surface area contributed by atoms with E-state index in [4.69, 9.17) is 0 Å². The number of rotatable bonds is 3. The van der Waals surface area contributed by atoms with Crippen LogP contribution in [0.2, 0.25) is 0 Å². The van der Waals surface area contributed by atoms with Crippen molar-refractivity contribution in [2.45, 2.75) is 0 Å². The lowest BCUT2D eigenvalue weighted by Crippen LogP contribution is -2.18. The number of hydrogen-bond donors (Lipinski definition) is 1. The number of nitrogens with zero attached hydrogens (tertiary/aromatic N) is 1. The Bertz CT molecular complexity index is 236. The highest BCUT2D eigenvalue weighted by Gasteiger charge is 1.99. The number of anilines is 1. The molecule has 1 aromatic heterocycles. The van der Waals surface area contributed by atoms with E-state index in [1.165, 1.54) is 7.05 Å². The molecule has 11 heavy (non-hydrogen) atoms. The van der Waals surface area contributed by atoms with Crippen LogP contribution in [0.4, 0.5) is 5.69 Å². The molecular weight excluding hydrogens is 168 g/mol. The minimum Gasteiger partial charge on any atom is -0.748 e. The Morgan fingerprint density at radius 2 is 2.55 bits per heavy atom. The molecule has 5 nitrogen and oxygen atoms in total. The fourth-order valence-electron chi connectivity index (χ4n) is 0.645. The Morgan fingerprint density at radius 3 is 3.00 bits per heavy atom. The molecule has 1 rings (SSSR count). The first-order valence-corrected chi connectivity index (χ1v) is 3.84. The van der Waals surface area contributed by atoms with Crippen LogP contribution in [-0.4, -0.2) is 20.8 Å². The molecule has 0 fully saturated rings. The van der Waals surface area contributed by atoms with Crippen molar-refractivity contribution in [1.82, 2.24) is 4.98 Å². The van der Waals surface area contributed by atoms with Crippen molar-refractivity contribution >= 4 is 17.0 Å². The molecule has 1 atom stereocenters. The van der Waals surface area contributed by atoms with Crippen molar-refractivity contribution in [1.29, 1.82) is 0 Å². The topological polar surface area (TPSA) is 68.4 Å². The highest BCUT2D eigenvalue weighted by molar-refractivity contribution is 7.74. The predicted molar refractivity (Wildman–Crippen MR) is 39.2 cm³/mol. The maximum Gasteiger partial charge on any atom is 0.112 e. The van der Waals surface area contributed by atoms with Gasteiger partial charge in [0.2, 0.25) is 0 Å². The first kappa shape index (κ1) is 8.25. The van der Waals surface area contributed by atoms with Gasteiger partial charge in [0.1, 0.15) is 11.4 Å². The van der Waals surface area contributed by atoms with Crippen LogP contribution in [0, 0.1) is 0 Å². The van der Waals surface area contributed by atoms with E-state index in [2.05, 4.69) is 9.27 Å². The SMILES string of the molecule is CN(OS(=O)[O-])c1cc[nH]c1. The zero-order valence-electron chi connectivity index (χ0n) is 5.81. The van der Waals surface area contributed by atoms with Crippen LogP contribution in [0.25, 0.3) is 0 Å². The van der Waals surface area contributed by atoms with Crippen molar-refractivity contribution in [3.8, 4) is 0 Å². The van der Waals surface area contributed by atoms with E-state index in [1.807, 2.05) is 0 Å². The van der Waals surface area contributed by atoms with E-state index in [0.29, 0.717) is 5.69 Å². The molecule has 6 heteroatoms. The zero-order valence-corrected chi connectivity index (χ0v) is 6.63. The zero-order chi connectivity index (χ0) is 8.27. The lowest BCUT2D eigenvalue weighted by Gasteiger charge is -2.16. The van der Waals surface area contributed by atoms with Crippen molar-refractivity contribution in [3.05, 3.63) is 18.5 Å². The van der Waals surface area contributed by atoms with Gasteiger partial charge in [0.25, 0.3) is 0 Å². The smallest absolute Gasteiger partial charge is 0.112 e. The molecule has 0 bridgehead atoms. The fourth-order valence-corrected chi connectivity index (χ4v) is 0.914. The minimum atomic E-state index is -2.52. The van der Waals surface area contributed by atoms with Gasteiger partial charge in [0.05, 0.1) is 5.69 Å². The summed E-state index contributed by atoms with van der Waals surface area (Å²) in [6, 6.07) is 1.69. The number of aromatic nitrogens is 1. The van der Waals surface area contributed by atoms with Crippen LogP contribution in [0.5, 0.6) is 0 Å². The minimum absolute atomic E-state index is 0.647.